The zero-order valence-corrected chi connectivity index (χ0v) is 26.0. The molecule has 1 fully saturated rings. The first-order chi connectivity index (χ1) is 22.4. The van der Waals surface area contributed by atoms with E-state index in [1.165, 1.54) is 0 Å². The molecule has 1 aliphatic rings. The van der Waals surface area contributed by atoms with Crippen molar-refractivity contribution in [3.8, 4) is 11.1 Å². The summed E-state index contributed by atoms with van der Waals surface area (Å²) in [5, 5.41) is 21.2. The van der Waals surface area contributed by atoms with E-state index in [1.54, 1.807) is 0 Å². The number of carboxylic acids is 1. The number of aromatic nitrogens is 1. The van der Waals surface area contributed by atoms with Gasteiger partial charge < -0.3 is 29.9 Å². The summed E-state index contributed by atoms with van der Waals surface area (Å²) in [5.41, 5.74) is 6.76. The predicted octanol–water partition coefficient (Wildman–Crippen LogP) is 5.44. The van der Waals surface area contributed by atoms with Gasteiger partial charge in [-0.25, -0.2) is 0 Å². The maximum absolute atomic E-state index is 12.1. The number of pyridine rings is 1. The SMILES string of the molecule is CN(CCc1ccccn1)C[C@H]1C[C@@H](c2ccc(CO)cc2)O[C@@H](c2ccc(-c3ccccc3CNC(=O)CCC(=O)O)cc2)O1. The molecule has 0 aliphatic carbocycles. The van der Waals surface area contributed by atoms with Crippen molar-refractivity contribution in [3.63, 3.8) is 0 Å². The van der Waals surface area contributed by atoms with Gasteiger partial charge in [-0.2, -0.15) is 0 Å². The summed E-state index contributed by atoms with van der Waals surface area (Å²) in [7, 11) is 2.10. The van der Waals surface area contributed by atoms with Crippen LogP contribution < -0.4 is 5.32 Å². The predicted molar refractivity (Wildman–Crippen MR) is 174 cm³/mol. The number of carbonyl (C=O) groups excluding carboxylic acids is 1. The van der Waals surface area contributed by atoms with Crippen LogP contribution >= 0.6 is 0 Å². The number of aliphatic hydroxyl groups is 1. The Labute approximate surface area is 269 Å². The summed E-state index contributed by atoms with van der Waals surface area (Å²) in [6, 6.07) is 29.8. The normalized spacial score (nSPS) is 17.9. The number of hydrogen-bond donors (Lipinski definition) is 3. The average Bonchev–Trinajstić information content (AvgIpc) is 3.09. The third-order valence-corrected chi connectivity index (χ3v) is 8.16. The number of nitrogens with one attached hydrogen (secondary N) is 1. The molecule has 240 valence electrons. The lowest BCUT2D eigenvalue weighted by molar-refractivity contribution is -0.252. The molecule has 9 heteroatoms. The highest BCUT2D eigenvalue weighted by atomic mass is 16.7. The van der Waals surface area contributed by atoms with Crippen molar-refractivity contribution >= 4 is 11.9 Å². The van der Waals surface area contributed by atoms with E-state index in [4.69, 9.17) is 14.6 Å². The van der Waals surface area contributed by atoms with Crippen LogP contribution in [0.25, 0.3) is 11.1 Å². The van der Waals surface area contributed by atoms with E-state index in [1.807, 2.05) is 97.2 Å². The third kappa shape index (κ3) is 9.31. The first-order valence-electron chi connectivity index (χ1n) is 15.6. The molecule has 5 rings (SSSR count). The smallest absolute Gasteiger partial charge is 0.303 e. The zero-order chi connectivity index (χ0) is 32.3. The van der Waals surface area contributed by atoms with Gasteiger partial charge in [0.05, 0.1) is 25.2 Å². The molecule has 3 N–H and O–H groups in total. The Balaban J connectivity index is 1.29. The van der Waals surface area contributed by atoms with Crippen LogP contribution in [0.1, 0.15) is 59.6 Å². The molecular weight excluding hydrogens is 582 g/mol. The van der Waals surface area contributed by atoms with Crippen molar-refractivity contribution in [2.75, 3.05) is 20.1 Å². The van der Waals surface area contributed by atoms with E-state index in [9.17, 15) is 14.7 Å². The van der Waals surface area contributed by atoms with Gasteiger partial charge in [0.2, 0.25) is 5.91 Å². The lowest BCUT2D eigenvalue weighted by atomic mass is 9.97. The molecule has 0 bridgehead atoms. The molecule has 46 heavy (non-hydrogen) atoms. The van der Waals surface area contributed by atoms with E-state index in [2.05, 4.69) is 22.2 Å². The zero-order valence-electron chi connectivity index (χ0n) is 26.0. The lowest BCUT2D eigenvalue weighted by Gasteiger charge is -2.38. The van der Waals surface area contributed by atoms with Crippen LogP contribution in [0.2, 0.25) is 0 Å². The molecule has 0 saturated carbocycles. The fourth-order valence-electron chi connectivity index (χ4n) is 5.60. The summed E-state index contributed by atoms with van der Waals surface area (Å²) in [6.07, 6.45) is 2.31. The molecule has 0 spiro atoms. The molecule has 1 aliphatic heterocycles. The van der Waals surface area contributed by atoms with Crippen LogP contribution in [0, 0.1) is 0 Å². The van der Waals surface area contributed by atoms with E-state index >= 15 is 0 Å². The minimum atomic E-state index is -0.994. The number of aliphatic hydroxyl groups excluding tert-OH is 1. The summed E-state index contributed by atoms with van der Waals surface area (Å²) in [5.74, 6) is -1.29. The number of carbonyl (C=O) groups is 2. The Morgan fingerprint density at radius 2 is 1.65 bits per heavy atom. The van der Waals surface area contributed by atoms with Crippen molar-refractivity contribution in [1.29, 1.82) is 0 Å². The van der Waals surface area contributed by atoms with E-state index < -0.39 is 12.3 Å². The number of nitrogens with zero attached hydrogens (tertiary/aromatic N) is 2. The molecule has 9 nitrogen and oxygen atoms in total. The number of rotatable bonds is 14. The maximum Gasteiger partial charge on any atom is 0.303 e. The lowest BCUT2D eigenvalue weighted by Crippen LogP contribution is -2.38. The Bertz CT molecular complexity index is 1560. The van der Waals surface area contributed by atoms with Gasteiger partial charge in [-0.15, -0.1) is 0 Å². The number of hydrogen-bond acceptors (Lipinski definition) is 7. The molecule has 1 saturated heterocycles. The molecule has 2 heterocycles. The average molecular weight is 624 g/mol. The summed E-state index contributed by atoms with van der Waals surface area (Å²) < 4.78 is 13.1. The molecular formula is C37H41N3O6. The van der Waals surface area contributed by atoms with E-state index in [-0.39, 0.29) is 37.6 Å². The molecule has 0 unspecified atom stereocenters. The van der Waals surface area contributed by atoms with Crippen molar-refractivity contribution in [1.82, 2.24) is 15.2 Å². The summed E-state index contributed by atoms with van der Waals surface area (Å²) in [6.45, 7) is 1.89. The van der Waals surface area contributed by atoms with E-state index in [0.717, 1.165) is 58.6 Å². The maximum atomic E-state index is 12.1. The quantitative estimate of drug-likeness (QED) is 0.170. The Morgan fingerprint density at radius 1 is 0.913 bits per heavy atom. The van der Waals surface area contributed by atoms with Crippen LogP contribution in [0.3, 0.4) is 0 Å². The van der Waals surface area contributed by atoms with Gasteiger partial charge >= 0.3 is 5.97 Å². The van der Waals surface area contributed by atoms with Gasteiger partial charge in [-0.3, -0.25) is 14.6 Å². The van der Waals surface area contributed by atoms with Gasteiger partial charge in [0, 0.05) is 56.4 Å². The molecule has 1 amide bonds. The van der Waals surface area contributed by atoms with E-state index in [0.29, 0.717) is 13.0 Å². The van der Waals surface area contributed by atoms with Gasteiger partial charge in [-0.1, -0.05) is 78.9 Å². The highest BCUT2D eigenvalue weighted by molar-refractivity contribution is 5.80. The number of likely N-dealkylation sites (N-methyl/N-ethyl adjacent to an activating group) is 1. The monoisotopic (exact) mass is 623 g/mol. The third-order valence-electron chi connectivity index (χ3n) is 8.16. The van der Waals surface area contributed by atoms with Crippen molar-refractivity contribution in [2.24, 2.45) is 0 Å². The number of benzene rings is 3. The second kappa shape index (κ2) is 16.2. The van der Waals surface area contributed by atoms with Crippen LogP contribution in [0.4, 0.5) is 0 Å². The number of amides is 1. The van der Waals surface area contributed by atoms with Crippen LogP contribution in [-0.4, -0.2) is 58.2 Å². The fourth-order valence-corrected chi connectivity index (χ4v) is 5.60. The number of aliphatic carboxylic acids is 1. The Morgan fingerprint density at radius 3 is 2.37 bits per heavy atom. The Kier molecular flexibility index (Phi) is 11.6. The van der Waals surface area contributed by atoms with Crippen LogP contribution in [0.15, 0.2) is 97.2 Å². The van der Waals surface area contributed by atoms with Gasteiger partial charge in [0.1, 0.15) is 0 Å². The standard InChI is InChI=1S/C37H41N3O6/c1-40(21-19-31-7-4-5-20-38-31)24-32-22-34(28-11-9-26(25-41)10-12-28)46-37(45-32)29-15-13-27(14-16-29)33-8-3-2-6-30(33)23-39-35(42)17-18-36(43)44/h2-16,20,32,34,37,41H,17-19,21-25H2,1H3,(H,39,42)(H,43,44)/t32-,34+,37+/m1/s1. The van der Waals surface area contributed by atoms with Gasteiger partial charge in [0.15, 0.2) is 6.29 Å². The Hall–Kier alpha value is -4.41. The molecule has 3 aromatic carbocycles. The van der Waals surface area contributed by atoms with Crippen molar-refractivity contribution in [2.45, 2.75) is 57.3 Å². The van der Waals surface area contributed by atoms with Gasteiger partial charge in [-0.05, 0) is 47.0 Å². The highest BCUT2D eigenvalue weighted by Gasteiger charge is 2.32. The summed E-state index contributed by atoms with van der Waals surface area (Å²) >= 11 is 0. The van der Waals surface area contributed by atoms with Crippen LogP contribution in [0.5, 0.6) is 0 Å². The second-order valence-corrected chi connectivity index (χ2v) is 11.6. The minimum Gasteiger partial charge on any atom is -0.481 e. The van der Waals surface area contributed by atoms with Crippen LogP contribution in [-0.2, 0) is 38.6 Å². The first-order valence-corrected chi connectivity index (χ1v) is 15.6. The molecule has 0 radical (unpaired) electrons. The topological polar surface area (TPSA) is 121 Å². The second-order valence-electron chi connectivity index (χ2n) is 11.6. The number of ether oxygens (including phenoxy) is 2. The first kappa shape index (κ1) is 33.0. The minimum absolute atomic E-state index is 0.00615. The molecule has 1 aromatic heterocycles. The molecule has 3 atom stereocenters. The van der Waals surface area contributed by atoms with Crippen molar-refractivity contribution in [3.05, 3.63) is 125 Å². The van der Waals surface area contributed by atoms with Gasteiger partial charge in [0.25, 0.3) is 0 Å². The highest BCUT2D eigenvalue weighted by Crippen LogP contribution is 2.38. The largest absolute Gasteiger partial charge is 0.481 e. The number of carboxylic acid groups (broad SMARTS) is 1. The van der Waals surface area contributed by atoms with Crippen molar-refractivity contribution < 1.29 is 29.3 Å². The molecule has 4 aromatic rings. The summed E-state index contributed by atoms with van der Waals surface area (Å²) in [4.78, 5) is 29.6. The fraction of sp³-hybridized carbons (Fsp3) is 0.324.